The summed E-state index contributed by atoms with van der Waals surface area (Å²) in [7, 11) is -1.72. The van der Waals surface area contributed by atoms with Crippen LogP contribution in [0.5, 0.6) is 0 Å². The van der Waals surface area contributed by atoms with Gasteiger partial charge in [0.1, 0.15) is 0 Å². The molecule has 0 aliphatic heterocycles. The first-order valence-electron chi connectivity index (χ1n) is 5.53. The van der Waals surface area contributed by atoms with Crippen LogP contribution in [0, 0.1) is 17.8 Å². The van der Waals surface area contributed by atoms with E-state index >= 15 is 0 Å². The molecular weight excluding hydrogens is 202 g/mol. The average Bonchev–Trinajstić information content (AvgIpc) is 2.15. The van der Waals surface area contributed by atoms with Crippen molar-refractivity contribution < 1.29 is 4.43 Å². The lowest BCUT2D eigenvalue weighted by Crippen LogP contribution is -2.46. The third-order valence-corrected chi connectivity index (χ3v) is 7.58. The van der Waals surface area contributed by atoms with Crippen LogP contribution in [0.2, 0.25) is 18.1 Å². The monoisotopic (exact) mass is 227 g/mol. The van der Waals surface area contributed by atoms with Crippen LogP contribution in [0.4, 0.5) is 0 Å². The van der Waals surface area contributed by atoms with Gasteiger partial charge in [-0.25, -0.2) is 0 Å². The van der Waals surface area contributed by atoms with Crippen molar-refractivity contribution in [2.45, 2.75) is 45.8 Å². The van der Waals surface area contributed by atoms with E-state index in [0.717, 1.165) is 6.61 Å². The van der Waals surface area contributed by atoms with Crippen LogP contribution in [0.25, 0.3) is 0 Å². The van der Waals surface area contributed by atoms with Crippen LogP contribution < -0.4 is 5.73 Å². The molecule has 88 valence electrons. The Bertz CT molecular complexity index is 250. The standard InChI is InChI=1S/C12H25NOSi/c1-7-8-11(2)9-14-15(5,6)12(3,4)10-13/h11H,9-10,13H2,1-6H3. The fraction of sp³-hybridized carbons (Fsp3) is 0.833. The zero-order valence-electron chi connectivity index (χ0n) is 11.0. The Balaban J connectivity index is 4.31. The van der Waals surface area contributed by atoms with Crippen molar-refractivity contribution in [2.75, 3.05) is 13.2 Å². The summed E-state index contributed by atoms with van der Waals surface area (Å²) in [5.41, 5.74) is 5.78. The van der Waals surface area contributed by atoms with E-state index in [4.69, 9.17) is 10.2 Å². The van der Waals surface area contributed by atoms with Crippen LogP contribution >= 0.6 is 0 Å². The molecule has 1 unspecified atom stereocenters. The summed E-state index contributed by atoms with van der Waals surface area (Å²) < 4.78 is 6.06. The molecule has 0 spiro atoms. The molecule has 0 fully saturated rings. The maximum Gasteiger partial charge on any atom is 0.193 e. The molecule has 2 N–H and O–H groups in total. The normalized spacial score (nSPS) is 14.3. The topological polar surface area (TPSA) is 35.2 Å². The van der Waals surface area contributed by atoms with Gasteiger partial charge in [0, 0.05) is 12.5 Å². The molecule has 3 heteroatoms. The summed E-state index contributed by atoms with van der Waals surface area (Å²) in [6.07, 6.45) is 0. The number of nitrogens with two attached hydrogens (primary N) is 1. The maximum atomic E-state index is 6.06. The molecule has 0 rings (SSSR count). The summed E-state index contributed by atoms with van der Waals surface area (Å²) >= 11 is 0. The van der Waals surface area contributed by atoms with Crippen LogP contribution in [-0.2, 0) is 4.43 Å². The van der Waals surface area contributed by atoms with Gasteiger partial charge in [-0.1, -0.05) is 19.8 Å². The van der Waals surface area contributed by atoms with Crippen molar-refractivity contribution in [3.63, 3.8) is 0 Å². The molecule has 0 radical (unpaired) electrons. The molecule has 1 atom stereocenters. The summed E-state index contributed by atoms with van der Waals surface area (Å²) in [5, 5.41) is 0.117. The second-order valence-corrected chi connectivity index (χ2v) is 9.87. The van der Waals surface area contributed by atoms with Crippen LogP contribution in [-0.4, -0.2) is 21.5 Å². The fourth-order valence-electron chi connectivity index (χ4n) is 1.06. The summed E-state index contributed by atoms with van der Waals surface area (Å²) in [4.78, 5) is 0. The number of hydrogen-bond donors (Lipinski definition) is 1. The predicted molar refractivity (Wildman–Crippen MR) is 69.1 cm³/mol. The molecule has 0 saturated heterocycles. The van der Waals surface area contributed by atoms with Crippen LogP contribution in [0.15, 0.2) is 0 Å². The van der Waals surface area contributed by atoms with E-state index in [0.29, 0.717) is 12.5 Å². The molecule has 0 heterocycles. The Labute approximate surface area is 95.7 Å². The van der Waals surface area contributed by atoms with Gasteiger partial charge in [0.15, 0.2) is 8.32 Å². The van der Waals surface area contributed by atoms with Crippen molar-refractivity contribution in [1.29, 1.82) is 0 Å². The zero-order chi connectivity index (χ0) is 12.1. The molecule has 0 aliphatic carbocycles. The van der Waals surface area contributed by atoms with Gasteiger partial charge in [0.25, 0.3) is 0 Å². The van der Waals surface area contributed by atoms with Gasteiger partial charge < -0.3 is 10.2 Å². The van der Waals surface area contributed by atoms with Crippen molar-refractivity contribution in [1.82, 2.24) is 0 Å². The minimum Gasteiger partial charge on any atom is -0.416 e. The first-order valence-corrected chi connectivity index (χ1v) is 8.44. The van der Waals surface area contributed by atoms with Gasteiger partial charge in [0.05, 0.1) is 0 Å². The van der Waals surface area contributed by atoms with Crippen molar-refractivity contribution in [2.24, 2.45) is 11.7 Å². The van der Waals surface area contributed by atoms with E-state index in [1.807, 2.05) is 6.92 Å². The molecule has 0 bridgehead atoms. The number of rotatable bonds is 5. The minimum atomic E-state index is -1.72. The third-order valence-electron chi connectivity index (χ3n) is 3.23. The molecular formula is C12H25NOSi. The first kappa shape index (κ1) is 14.7. The van der Waals surface area contributed by atoms with Gasteiger partial charge >= 0.3 is 0 Å². The lowest BCUT2D eigenvalue weighted by molar-refractivity contribution is 0.261. The molecule has 0 aromatic carbocycles. The second kappa shape index (κ2) is 5.69. The van der Waals surface area contributed by atoms with Gasteiger partial charge in [-0.05, 0) is 38.5 Å². The molecule has 15 heavy (non-hydrogen) atoms. The Morgan fingerprint density at radius 1 is 1.40 bits per heavy atom. The lowest BCUT2D eigenvalue weighted by atomic mass is 10.2. The molecule has 0 saturated carbocycles. The Kier molecular flexibility index (Phi) is 5.58. The van der Waals surface area contributed by atoms with Gasteiger partial charge in [-0.3, -0.25) is 0 Å². The van der Waals surface area contributed by atoms with Crippen LogP contribution in [0.1, 0.15) is 27.7 Å². The van der Waals surface area contributed by atoms with Gasteiger partial charge in [-0.2, -0.15) is 0 Å². The van der Waals surface area contributed by atoms with Gasteiger partial charge in [-0.15, -0.1) is 5.92 Å². The van der Waals surface area contributed by atoms with Crippen LogP contribution in [0.3, 0.4) is 0 Å². The quantitative estimate of drug-likeness (QED) is 0.579. The van der Waals surface area contributed by atoms with E-state index in [1.54, 1.807) is 0 Å². The Morgan fingerprint density at radius 3 is 2.33 bits per heavy atom. The largest absolute Gasteiger partial charge is 0.416 e. The first-order chi connectivity index (χ1) is 6.77. The van der Waals surface area contributed by atoms with E-state index in [2.05, 4.69) is 45.7 Å². The van der Waals surface area contributed by atoms with Gasteiger partial charge in [0.2, 0.25) is 0 Å². The summed E-state index contributed by atoms with van der Waals surface area (Å²) in [5.74, 6) is 6.34. The fourth-order valence-corrected chi connectivity index (χ4v) is 2.61. The third kappa shape index (κ3) is 4.37. The molecule has 0 aromatic heterocycles. The molecule has 0 aliphatic rings. The van der Waals surface area contributed by atoms with Crippen molar-refractivity contribution >= 4 is 8.32 Å². The summed E-state index contributed by atoms with van der Waals surface area (Å²) in [6, 6.07) is 0. The smallest absolute Gasteiger partial charge is 0.193 e. The molecule has 0 aromatic rings. The highest BCUT2D eigenvalue weighted by Gasteiger charge is 2.40. The minimum absolute atomic E-state index is 0.117. The van der Waals surface area contributed by atoms with E-state index in [-0.39, 0.29) is 5.04 Å². The SMILES string of the molecule is CC#CC(C)CO[Si](C)(C)C(C)(C)CN. The zero-order valence-corrected chi connectivity index (χ0v) is 12.0. The highest BCUT2D eigenvalue weighted by molar-refractivity contribution is 6.74. The maximum absolute atomic E-state index is 6.06. The summed E-state index contributed by atoms with van der Waals surface area (Å²) in [6.45, 7) is 14.2. The highest BCUT2D eigenvalue weighted by Crippen LogP contribution is 2.36. The molecule has 2 nitrogen and oxygen atoms in total. The van der Waals surface area contributed by atoms with E-state index < -0.39 is 8.32 Å². The predicted octanol–water partition coefficient (Wildman–Crippen LogP) is 2.61. The molecule has 0 amide bonds. The van der Waals surface area contributed by atoms with E-state index in [1.165, 1.54) is 0 Å². The number of hydrogen-bond acceptors (Lipinski definition) is 2. The Hall–Kier alpha value is -0.303. The van der Waals surface area contributed by atoms with Crippen molar-refractivity contribution in [3.05, 3.63) is 0 Å². The lowest BCUT2D eigenvalue weighted by Gasteiger charge is -2.38. The second-order valence-electron chi connectivity index (χ2n) is 5.20. The Morgan fingerprint density at radius 2 is 1.93 bits per heavy atom. The van der Waals surface area contributed by atoms with Crippen molar-refractivity contribution in [3.8, 4) is 11.8 Å². The van der Waals surface area contributed by atoms with E-state index in [9.17, 15) is 0 Å². The highest BCUT2D eigenvalue weighted by atomic mass is 28.4. The average molecular weight is 227 g/mol.